The van der Waals surface area contributed by atoms with Crippen LogP contribution in [-0.2, 0) is 32.1 Å². The highest BCUT2D eigenvalue weighted by Crippen LogP contribution is 2.24. The maximum atomic E-state index is 12.4. The quantitative estimate of drug-likeness (QED) is 0.748. The lowest BCUT2D eigenvalue weighted by molar-refractivity contribution is -0.158. The molecule has 0 atom stereocenters. The van der Waals surface area contributed by atoms with Crippen LogP contribution >= 0.6 is 0 Å². The molecule has 0 N–H and O–H groups in total. The number of ether oxygens (including phenoxy) is 1. The number of amides is 2. The van der Waals surface area contributed by atoms with Gasteiger partial charge in [0.05, 0.1) is 5.92 Å². The minimum atomic E-state index is -0.410. The van der Waals surface area contributed by atoms with Crippen LogP contribution in [0.15, 0.2) is 24.3 Å². The number of carbonyl (C=O) groups excluding carboxylic acids is 3. The minimum absolute atomic E-state index is 0.111. The maximum Gasteiger partial charge on any atom is 0.309 e. The summed E-state index contributed by atoms with van der Waals surface area (Å²) in [6.07, 6.45) is 2.01. The fourth-order valence-electron chi connectivity index (χ4n) is 3.84. The maximum absolute atomic E-state index is 12.4. The summed E-state index contributed by atoms with van der Waals surface area (Å²) in [6, 6.07) is 8.11. The van der Waals surface area contributed by atoms with Crippen LogP contribution in [0.3, 0.4) is 0 Å². The number of likely N-dealkylation sites (tertiary alicyclic amines) is 1. The summed E-state index contributed by atoms with van der Waals surface area (Å²) in [4.78, 5) is 40.7. The number of carbonyl (C=O) groups is 3. The van der Waals surface area contributed by atoms with Crippen LogP contribution in [0.25, 0.3) is 0 Å². The first kappa shape index (κ1) is 20.4. The first-order valence-electron chi connectivity index (χ1n) is 10.1. The van der Waals surface area contributed by atoms with Gasteiger partial charge >= 0.3 is 5.97 Å². The van der Waals surface area contributed by atoms with E-state index in [0.29, 0.717) is 39.0 Å². The number of piperidine rings is 1. The van der Waals surface area contributed by atoms with Crippen molar-refractivity contribution in [2.75, 3.05) is 26.2 Å². The van der Waals surface area contributed by atoms with Gasteiger partial charge in [-0.2, -0.15) is 0 Å². The fourth-order valence-corrected chi connectivity index (χ4v) is 3.84. The summed E-state index contributed by atoms with van der Waals surface area (Å²) in [5.41, 5.74) is 2.02. The monoisotopic (exact) mass is 386 g/mol. The smallest absolute Gasteiger partial charge is 0.309 e. The zero-order valence-electron chi connectivity index (χ0n) is 17.1. The first-order valence-corrected chi connectivity index (χ1v) is 10.1. The van der Waals surface area contributed by atoms with E-state index in [-0.39, 0.29) is 30.3 Å². The lowest BCUT2D eigenvalue weighted by Gasteiger charge is -2.35. The molecular formula is C22H30N2O4. The van der Waals surface area contributed by atoms with Crippen LogP contribution in [0.1, 0.15) is 44.7 Å². The highest BCUT2D eigenvalue weighted by Gasteiger charge is 2.33. The minimum Gasteiger partial charge on any atom is -0.455 e. The van der Waals surface area contributed by atoms with Gasteiger partial charge in [0.15, 0.2) is 6.61 Å². The first-order chi connectivity index (χ1) is 13.3. The number of hydrogen-bond acceptors (Lipinski definition) is 4. The molecule has 0 unspecified atom stereocenters. The van der Waals surface area contributed by atoms with Gasteiger partial charge in [-0.15, -0.1) is 0 Å². The van der Waals surface area contributed by atoms with E-state index in [4.69, 9.17) is 4.74 Å². The molecule has 0 aliphatic carbocycles. The third-order valence-corrected chi connectivity index (χ3v) is 5.58. The summed E-state index contributed by atoms with van der Waals surface area (Å²) >= 11 is 0. The van der Waals surface area contributed by atoms with E-state index in [1.807, 2.05) is 43.9 Å². The Morgan fingerprint density at radius 3 is 2.29 bits per heavy atom. The number of fused-ring (bicyclic) bond motifs is 1. The Balaban J connectivity index is 1.44. The number of nitrogens with zero attached hydrogens (tertiary/aromatic N) is 2. The molecule has 6 nitrogen and oxygen atoms in total. The Labute approximate surface area is 166 Å². The number of rotatable bonds is 3. The average Bonchev–Trinajstić information content (AvgIpc) is 2.70. The molecule has 3 rings (SSSR count). The van der Waals surface area contributed by atoms with Crippen LogP contribution in [0.5, 0.6) is 0 Å². The van der Waals surface area contributed by atoms with Crippen LogP contribution in [0.2, 0.25) is 0 Å². The molecule has 2 amide bonds. The molecule has 152 valence electrons. The van der Waals surface area contributed by atoms with Gasteiger partial charge in [0.25, 0.3) is 5.91 Å². The second kappa shape index (κ2) is 8.33. The van der Waals surface area contributed by atoms with Crippen LogP contribution in [0, 0.1) is 11.3 Å². The molecule has 0 radical (unpaired) electrons. The van der Waals surface area contributed by atoms with Crippen molar-refractivity contribution in [1.29, 1.82) is 0 Å². The van der Waals surface area contributed by atoms with Gasteiger partial charge in [-0.1, -0.05) is 45.0 Å². The van der Waals surface area contributed by atoms with E-state index in [0.717, 1.165) is 12.0 Å². The average molecular weight is 386 g/mol. The van der Waals surface area contributed by atoms with Gasteiger partial charge in [0.1, 0.15) is 0 Å². The lowest BCUT2D eigenvalue weighted by atomic mass is 9.91. The second-order valence-electron chi connectivity index (χ2n) is 8.76. The molecule has 1 saturated heterocycles. The number of hydrogen-bond donors (Lipinski definition) is 0. The Hall–Kier alpha value is -2.37. The molecular weight excluding hydrogens is 356 g/mol. The van der Waals surface area contributed by atoms with E-state index >= 15 is 0 Å². The van der Waals surface area contributed by atoms with Crippen molar-refractivity contribution < 1.29 is 19.1 Å². The SMILES string of the molecule is CC(C)(C)C(=O)N1CCC(C(=O)OCC(=O)N2CCc3ccccc3C2)CC1. The van der Waals surface area contributed by atoms with E-state index in [9.17, 15) is 14.4 Å². The van der Waals surface area contributed by atoms with Gasteiger partial charge < -0.3 is 14.5 Å². The van der Waals surface area contributed by atoms with Crippen molar-refractivity contribution in [3.63, 3.8) is 0 Å². The van der Waals surface area contributed by atoms with Gasteiger partial charge in [0.2, 0.25) is 5.91 Å². The zero-order chi connectivity index (χ0) is 20.3. The molecule has 0 spiro atoms. The molecule has 2 aliphatic heterocycles. The zero-order valence-corrected chi connectivity index (χ0v) is 17.1. The molecule has 1 fully saturated rings. The van der Waals surface area contributed by atoms with E-state index in [2.05, 4.69) is 6.07 Å². The van der Waals surface area contributed by atoms with Crippen molar-refractivity contribution in [2.24, 2.45) is 11.3 Å². The molecule has 0 aromatic heterocycles. The molecule has 6 heteroatoms. The van der Waals surface area contributed by atoms with Gasteiger partial charge in [-0.3, -0.25) is 14.4 Å². The predicted octanol–water partition coefficient (Wildman–Crippen LogP) is 2.40. The van der Waals surface area contributed by atoms with Gasteiger partial charge in [0, 0.05) is 31.6 Å². The van der Waals surface area contributed by atoms with Crippen molar-refractivity contribution in [1.82, 2.24) is 9.80 Å². The lowest BCUT2D eigenvalue weighted by Crippen LogP contribution is -2.45. The number of benzene rings is 1. The summed E-state index contributed by atoms with van der Waals surface area (Å²) in [5.74, 6) is -0.601. The second-order valence-corrected chi connectivity index (χ2v) is 8.76. The Morgan fingerprint density at radius 2 is 1.64 bits per heavy atom. The summed E-state index contributed by atoms with van der Waals surface area (Å²) in [7, 11) is 0. The molecule has 28 heavy (non-hydrogen) atoms. The highest BCUT2D eigenvalue weighted by molar-refractivity contribution is 5.83. The predicted molar refractivity (Wildman–Crippen MR) is 105 cm³/mol. The third-order valence-electron chi connectivity index (χ3n) is 5.58. The van der Waals surface area contributed by atoms with E-state index in [1.54, 1.807) is 4.90 Å². The molecule has 0 saturated carbocycles. The number of esters is 1. The summed E-state index contributed by atoms with van der Waals surface area (Å²) < 4.78 is 5.31. The molecule has 0 bridgehead atoms. The summed E-state index contributed by atoms with van der Waals surface area (Å²) in [6.45, 7) is 7.85. The molecule has 2 heterocycles. The van der Waals surface area contributed by atoms with Crippen LogP contribution in [-0.4, -0.2) is 53.8 Å². The molecule has 1 aromatic carbocycles. The topological polar surface area (TPSA) is 66.9 Å². The van der Waals surface area contributed by atoms with E-state index in [1.165, 1.54) is 5.56 Å². The highest BCUT2D eigenvalue weighted by atomic mass is 16.5. The van der Waals surface area contributed by atoms with Gasteiger partial charge in [-0.05, 0) is 30.4 Å². The standard InChI is InChI=1S/C22H30N2O4/c1-22(2,3)21(27)23-11-9-17(10-12-23)20(26)28-15-19(25)24-13-8-16-6-4-5-7-18(16)14-24/h4-7,17H,8-15H2,1-3H3. The largest absolute Gasteiger partial charge is 0.455 e. The normalized spacial score (nSPS) is 17.8. The van der Waals surface area contributed by atoms with Crippen molar-refractivity contribution in [3.8, 4) is 0 Å². The van der Waals surface area contributed by atoms with E-state index < -0.39 is 5.41 Å². The Kier molecular flexibility index (Phi) is 6.06. The van der Waals surface area contributed by atoms with Crippen LogP contribution in [0.4, 0.5) is 0 Å². The van der Waals surface area contributed by atoms with Crippen molar-refractivity contribution >= 4 is 17.8 Å². The van der Waals surface area contributed by atoms with Crippen LogP contribution < -0.4 is 0 Å². The summed E-state index contributed by atoms with van der Waals surface area (Å²) in [5, 5.41) is 0. The Bertz CT molecular complexity index is 745. The third kappa shape index (κ3) is 4.72. The molecule has 1 aromatic rings. The van der Waals surface area contributed by atoms with Crippen molar-refractivity contribution in [3.05, 3.63) is 35.4 Å². The fraction of sp³-hybridized carbons (Fsp3) is 0.591. The van der Waals surface area contributed by atoms with Gasteiger partial charge in [-0.25, -0.2) is 0 Å². The Morgan fingerprint density at radius 1 is 1.00 bits per heavy atom. The molecule has 2 aliphatic rings. The van der Waals surface area contributed by atoms with Crippen molar-refractivity contribution in [2.45, 2.75) is 46.6 Å².